The third-order valence-electron chi connectivity index (χ3n) is 7.85. The highest BCUT2D eigenvalue weighted by molar-refractivity contribution is 5.57. The molecule has 1 spiro atoms. The van der Waals surface area contributed by atoms with Crippen LogP contribution in [0.1, 0.15) is 64.1 Å². The topological polar surface area (TPSA) is 72.9 Å². The van der Waals surface area contributed by atoms with Crippen LogP contribution in [0.5, 0.6) is 0 Å². The van der Waals surface area contributed by atoms with E-state index >= 15 is 0 Å². The molecule has 2 aromatic rings. The number of nitrogens with two attached hydrogens (primary N) is 1. The largest absolute Gasteiger partial charge is 0.327 e. The number of rotatable bonds is 4. The molecule has 3 atom stereocenters. The Labute approximate surface area is 181 Å². The van der Waals surface area contributed by atoms with Crippen molar-refractivity contribution >= 4 is 0 Å². The zero-order chi connectivity index (χ0) is 21.7. The van der Waals surface area contributed by atoms with Gasteiger partial charge in [-0.15, -0.1) is 5.10 Å². The molecular weight excluding hydrogens is 372 g/mol. The Bertz CT molecular complexity index is 870. The molecule has 1 saturated carbocycles. The van der Waals surface area contributed by atoms with Crippen molar-refractivity contribution in [1.82, 2.24) is 24.9 Å². The van der Waals surface area contributed by atoms with E-state index in [-0.39, 0.29) is 6.04 Å². The van der Waals surface area contributed by atoms with Crippen LogP contribution in [-0.2, 0) is 7.05 Å². The van der Waals surface area contributed by atoms with Gasteiger partial charge in [0.15, 0.2) is 0 Å². The highest BCUT2D eigenvalue weighted by Gasteiger charge is 2.54. The van der Waals surface area contributed by atoms with Gasteiger partial charge in [0.1, 0.15) is 11.4 Å². The lowest BCUT2D eigenvalue weighted by molar-refractivity contribution is -0.0191. The summed E-state index contributed by atoms with van der Waals surface area (Å²) in [7, 11) is 1.93. The predicted octanol–water partition coefficient (Wildman–Crippen LogP) is 3.76. The molecule has 0 bridgehead atoms. The summed E-state index contributed by atoms with van der Waals surface area (Å²) in [6.07, 6.45) is 5.55. The van der Waals surface area contributed by atoms with Gasteiger partial charge in [0.2, 0.25) is 0 Å². The minimum Gasteiger partial charge on any atom is -0.327 e. The summed E-state index contributed by atoms with van der Waals surface area (Å²) in [5.41, 5.74) is 11.1. The predicted molar refractivity (Wildman–Crippen MR) is 121 cm³/mol. The minimum atomic E-state index is 0.196. The van der Waals surface area contributed by atoms with Gasteiger partial charge >= 0.3 is 0 Å². The lowest BCUT2D eigenvalue weighted by Crippen LogP contribution is -2.58. The number of nitrogens with zero attached hydrogens (tertiary/aromatic N) is 5. The molecule has 0 aromatic carbocycles. The molecular formula is C24H38N6. The average molecular weight is 411 g/mol. The van der Waals surface area contributed by atoms with Crippen molar-refractivity contribution < 1.29 is 0 Å². The van der Waals surface area contributed by atoms with Crippen LogP contribution in [0.15, 0.2) is 18.3 Å². The van der Waals surface area contributed by atoms with Gasteiger partial charge in [-0.2, -0.15) is 10.2 Å². The Balaban J connectivity index is 1.44. The standard InChI is InChI=1S/C24H38N6/c1-16-14-29(6)28-22(16)20-8-7-19(26-27-20)21-18(25)13-24(21)9-11-30(12-10-24)15-17(2)23(3,4)5/h7-8,14,17-18,21H,9-13,15,25H2,1-6H3. The third-order valence-corrected chi connectivity index (χ3v) is 7.85. The molecule has 0 amide bonds. The highest BCUT2D eigenvalue weighted by Crippen LogP contribution is 2.57. The van der Waals surface area contributed by atoms with Gasteiger partial charge in [0.25, 0.3) is 0 Å². The fourth-order valence-corrected chi connectivity index (χ4v) is 5.39. The molecule has 3 unspecified atom stereocenters. The first-order valence-electron chi connectivity index (χ1n) is 11.4. The van der Waals surface area contributed by atoms with Gasteiger partial charge in [0, 0.05) is 31.7 Å². The first kappa shape index (κ1) is 21.4. The van der Waals surface area contributed by atoms with E-state index in [1.807, 2.05) is 17.9 Å². The van der Waals surface area contributed by atoms with Crippen LogP contribution in [0.3, 0.4) is 0 Å². The summed E-state index contributed by atoms with van der Waals surface area (Å²) in [5.74, 6) is 1.02. The maximum absolute atomic E-state index is 6.51. The van der Waals surface area contributed by atoms with Crippen LogP contribution in [0, 0.1) is 23.7 Å². The van der Waals surface area contributed by atoms with E-state index in [1.54, 1.807) is 0 Å². The van der Waals surface area contributed by atoms with Crippen LogP contribution in [-0.4, -0.2) is 50.6 Å². The van der Waals surface area contributed by atoms with Crippen molar-refractivity contribution in [1.29, 1.82) is 0 Å². The van der Waals surface area contributed by atoms with E-state index in [2.05, 4.69) is 66.9 Å². The van der Waals surface area contributed by atoms with E-state index < -0.39 is 0 Å². The van der Waals surface area contributed by atoms with Gasteiger partial charge in [-0.05, 0) is 73.7 Å². The van der Waals surface area contributed by atoms with Crippen molar-refractivity contribution in [2.45, 2.75) is 65.8 Å². The monoisotopic (exact) mass is 410 g/mol. The van der Waals surface area contributed by atoms with E-state index in [4.69, 9.17) is 5.73 Å². The quantitative estimate of drug-likeness (QED) is 0.831. The molecule has 6 nitrogen and oxygen atoms in total. The number of aryl methyl sites for hydroxylation is 2. The lowest BCUT2D eigenvalue weighted by Gasteiger charge is -2.57. The molecule has 2 N–H and O–H groups in total. The molecule has 2 aromatic heterocycles. The van der Waals surface area contributed by atoms with Gasteiger partial charge in [-0.1, -0.05) is 27.7 Å². The molecule has 3 heterocycles. The third kappa shape index (κ3) is 3.92. The molecule has 1 saturated heterocycles. The average Bonchev–Trinajstić information content (AvgIpc) is 3.01. The summed E-state index contributed by atoms with van der Waals surface area (Å²) in [4.78, 5) is 2.65. The van der Waals surface area contributed by atoms with Crippen LogP contribution < -0.4 is 5.73 Å². The zero-order valence-corrected chi connectivity index (χ0v) is 19.5. The molecule has 164 valence electrons. The maximum Gasteiger partial charge on any atom is 0.115 e. The van der Waals surface area contributed by atoms with Crippen molar-refractivity contribution in [3.05, 3.63) is 29.6 Å². The summed E-state index contributed by atoms with van der Waals surface area (Å²) in [5, 5.41) is 13.7. The lowest BCUT2D eigenvalue weighted by atomic mass is 9.52. The van der Waals surface area contributed by atoms with Crippen molar-refractivity contribution in [2.24, 2.45) is 29.5 Å². The van der Waals surface area contributed by atoms with Gasteiger partial charge in [0.05, 0.1) is 5.69 Å². The van der Waals surface area contributed by atoms with Gasteiger partial charge in [-0.25, -0.2) is 0 Å². The Morgan fingerprint density at radius 3 is 2.40 bits per heavy atom. The Hall–Kier alpha value is -1.79. The fraction of sp³-hybridized carbons (Fsp3) is 0.708. The smallest absolute Gasteiger partial charge is 0.115 e. The molecule has 2 aliphatic rings. The van der Waals surface area contributed by atoms with E-state index in [0.29, 0.717) is 22.7 Å². The van der Waals surface area contributed by atoms with Crippen LogP contribution >= 0.6 is 0 Å². The van der Waals surface area contributed by atoms with Crippen LogP contribution in [0.25, 0.3) is 11.4 Å². The first-order chi connectivity index (χ1) is 14.1. The van der Waals surface area contributed by atoms with Crippen molar-refractivity contribution in [2.75, 3.05) is 19.6 Å². The Morgan fingerprint density at radius 2 is 1.90 bits per heavy atom. The zero-order valence-electron chi connectivity index (χ0n) is 19.5. The SMILES string of the molecule is Cc1cn(C)nc1-c1ccc(C2C(N)CC23CCN(CC(C)C(C)(C)C)CC3)nn1. The molecule has 4 rings (SSSR count). The molecule has 1 aliphatic heterocycles. The second-order valence-electron chi connectivity index (χ2n) is 11.0. The van der Waals surface area contributed by atoms with Crippen LogP contribution in [0.4, 0.5) is 0 Å². The number of piperidine rings is 1. The van der Waals surface area contributed by atoms with E-state index in [9.17, 15) is 0 Å². The number of aromatic nitrogens is 4. The molecule has 1 aliphatic carbocycles. The molecule has 0 radical (unpaired) electrons. The Morgan fingerprint density at radius 1 is 1.20 bits per heavy atom. The second-order valence-corrected chi connectivity index (χ2v) is 11.0. The molecule has 30 heavy (non-hydrogen) atoms. The summed E-state index contributed by atoms with van der Waals surface area (Å²) in [6, 6.07) is 4.40. The Kier molecular flexibility index (Phi) is 5.52. The van der Waals surface area contributed by atoms with Gasteiger partial charge < -0.3 is 10.6 Å². The summed E-state index contributed by atoms with van der Waals surface area (Å²) in [6.45, 7) is 15.0. The second kappa shape index (κ2) is 7.72. The summed E-state index contributed by atoms with van der Waals surface area (Å²) >= 11 is 0. The maximum atomic E-state index is 6.51. The molecule has 2 fully saturated rings. The van der Waals surface area contributed by atoms with Gasteiger partial charge in [-0.3, -0.25) is 4.68 Å². The first-order valence-corrected chi connectivity index (χ1v) is 11.4. The number of hydrogen-bond donors (Lipinski definition) is 1. The molecule has 6 heteroatoms. The van der Waals surface area contributed by atoms with Crippen molar-refractivity contribution in [3.63, 3.8) is 0 Å². The number of hydrogen-bond acceptors (Lipinski definition) is 5. The van der Waals surface area contributed by atoms with Crippen LogP contribution in [0.2, 0.25) is 0 Å². The number of likely N-dealkylation sites (tertiary alicyclic amines) is 1. The van der Waals surface area contributed by atoms with E-state index in [1.165, 1.54) is 32.5 Å². The minimum absolute atomic E-state index is 0.196. The summed E-state index contributed by atoms with van der Waals surface area (Å²) < 4.78 is 1.82. The fourth-order valence-electron chi connectivity index (χ4n) is 5.39. The highest BCUT2D eigenvalue weighted by atomic mass is 15.3. The van der Waals surface area contributed by atoms with E-state index in [0.717, 1.165) is 29.1 Å². The van der Waals surface area contributed by atoms with Crippen molar-refractivity contribution in [3.8, 4) is 11.4 Å². The normalized spacial score (nSPS) is 25.3.